The van der Waals surface area contributed by atoms with E-state index in [1.165, 1.54) is 17.0 Å². The number of nitrogens with zero attached hydrogens (tertiary/aromatic N) is 2. The number of anilines is 1. The number of non-ortho nitro benzene ring substituents is 1. The fourth-order valence-electron chi connectivity index (χ4n) is 4.70. The SMILES string of the molecule is Cc1ccc([N+](=O)[O-])cc1N1C(=O)CC(c2cccc(Cl)c2Cl)C2=C1CC(C)(C)CC2=O. The average Bonchev–Trinajstić information content (AvgIpc) is 2.69. The van der Waals surface area contributed by atoms with E-state index in [-0.39, 0.29) is 29.2 Å². The summed E-state index contributed by atoms with van der Waals surface area (Å²) in [6, 6.07) is 9.64. The zero-order valence-electron chi connectivity index (χ0n) is 17.9. The number of allylic oxidation sites excluding steroid dienone is 2. The number of rotatable bonds is 3. The summed E-state index contributed by atoms with van der Waals surface area (Å²) in [5, 5.41) is 12.1. The van der Waals surface area contributed by atoms with E-state index in [4.69, 9.17) is 23.2 Å². The van der Waals surface area contributed by atoms with Gasteiger partial charge in [-0.3, -0.25) is 24.6 Å². The van der Waals surface area contributed by atoms with Crippen molar-refractivity contribution in [3.63, 3.8) is 0 Å². The van der Waals surface area contributed by atoms with Crippen molar-refractivity contribution in [1.82, 2.24) is 0 Å². The molecule has 2 aromatic carbocycles. The van der Waals surface area contributed by atoms with Crippen LogP contribution in [0.1, 0.15) is 50.2 Å². The van der Waals surface area contributed by atoms with Crippen LogP contribution in [0.4, 0.5) is 11.4 Å². The van der Waals surface area contributed by atoms with Crippen LogP contribution in [0.3, 0.4) is 0 Å². The molecule has 0 radical (unpaired) electrons. The fourth-order valence-corrected chi connectivity index (χ4v) is 5.14. The molecule has 4 rings (SSSR count). The molecule has 32 heavy (non-hydrogen) atoms. The molecule has 1 aliphatic carbocycles. The minimum absolute atomic E-state index is 0.0210. The van der Waals surface area contributed by atoms with Gasteiger partial charge in [0.05, 0.1) is 20.7 Å². The number of hydrogen-bond acceptors (Lipinski definition) is 4. The Labute approximate surface area is 196 Å². The molecule has 0 saturated heterocycles. The molecule has 2 aromatic rings. The van der Waals surface area contributed by atoms with Gasteiger partial charge < -0.3 is 0 Å². The number of ketones is 1. The Balaban J connectivity index is 1.96. The zero-order valence-corrected chi connectivity index (χ0v) is 19.5. The molecular formula is C24H22Cl2N2O4. The Morgan fingerprint density at radius 2 is 1.84 bits per heavy atom. The molecule has 6 nitrogen and oxygen atoms in total. The van der Waals surface area contributed by atoms with Crippen LogP contribution in [-0.2, 0) is 9.59 Å². The molecule has 1 heterocycles. The Morgan fingerprint density at radius 1 is 1.12 bits per heavy atom. The second-order valence-electron chi connectivity index (χ2n) is 9.16. The topological polar surface area (TPSA) is 80.5 Å². The van der Waals surface area contributed by atoms with Gasteiger partial charge >= 0.3 is 0 Å². The summed E-state index contributed by atoms with van der Waals surface area (Å²) in [4.78, 5) is 39.3. The third-order valence-electron chi connectivity index (χ3n) is 6.14. The number of nitro groups is 1. The average molecular weight is 473 g/mol. The molecule has 0 bridgehead atoms. The number of carbonyl (C=O) groups is 2. The number of carbonyl (C=O) groups excluding carboxylic acids is 2. The Kier molecular flexibility index (Phi) is 5.63. The molecule has 2 aliphatic rings. The highest BCUT2D eigenvalue weighted by Crippen LogP contribution is 2.50. The van der Waals surface area contributed by atoms with Crippen molar-refractivity contribution in [3.8, 4) is 0 Å². The van der Waals surface area contributed by atoms with Crippen LogP contribution in [0.25, 0.3) is 0 Å². The lowest BCUT2D eigenvalue weighted by Gasteiger charge is -2.43. The molecule has 1 atom stereocenters. The van der Waals surface area contributed by atoms with Crippen LogP contribution in [0.15, 0.2) is 47.7 Å². The molecular weight excluding hydrogens is 451 g/mol. The van der Waals surface area contributed by atoms with E-state index in [1.807, 2.05) is 13.8 Å². The van der Waals surface area contributed by atoms with Gasteiger partial charge in [-0.2, -0.15) is 0 Å². The van der Waals surface area contributed by atoms with E-state index < -0.39 is 10.8 Å². The summed E-state index contributed by atoms with van der Waals surface area (Å²) in [6.07, 6.45) is 0.848. The van der Waals surface area contributed by atoms with Gasteiger partial charge in [0.1, 0.15) is 0 Å². The lowest BCUT2D eigenvalue weighted by atomic mass is 9.69. The van der Waals surface area contributed by atoms with Crippen molar-refractivity contribution in [3.05, 3.63) is 79.0 Å². The van der Waals surface area contributed by atoms with Crippen molar-refractivity contribution < 1.29 is 14.5 Å². The third-order valence-corrected chi connectivity index (χ3v) is 6.98. The molecule has 0 spiro atoms. The second kappa shape index (κ2) is 8.01. The van der Waals surface area contributed by atoms with Crippen molar-refractivity contribution in [2.24, 2.45) is 5.41 Å². The van der Waals surface area contributed by atoms with E-state index in [0.717, 1.165) is 0 Å². The molecule has 0 saturated carbocycles. The van der Waals surface area contributed by atoms with Gasteiger partial charge in [0.2, 0.25) is 5.91 Å². The third kappa shape index (κ3) is 3.82. The summed E-state index contributed by atoms with van der Waals surface area (Å²) in [5.41, 5.74) is 2.45. The highest BCUT2D eigenvalue weighted by atomic mass is 35.5. The Morgan fingerprint density at radius 3 is 2.53 bits per heavy atom. The summed E-state index contributed by atoms with van der Waals surface area (Å²) in [6.45, 7) is 5.75. The maximum absolute atomic E-state index is 13.5. The quantitative estimate of drug-likeness (QED) is 0.383. The molecule has 166 valence electrons. The lowest BCUT2D eigenvalue weighted by molar-refractivity contribution is -0.384. The van der Waals surface area contributed by atoms with Crippen LogP contribution >= 0.6 is 23.2 Å². The summed E-state index contributed by atoms with van der Waals surface area (Å²) >= 11 is 12.7. The second-order valence-corrected chi connectivity index (χ2v) is 9.94. The maximum atomic E-state index is 13.5. The molecule has 1 amide bonds. The highest BCUT2D eigenvalue weighted by molar-refractivity contribution is 6.42. The van der Waals surface area contributed by atoms with Gasteiger partial charge in [-0.05, 0) is 36.0 Å². The number of Topliss-reactive ketones (excluding diaryl/α,β-unsaturated/α-hetero) is 1. The molecule has 1 unspecified atom stereocenters. The number of nitro benzene ring substituents is 1. The Hall–Kier alpha value is -2.70. The predicted molar refractivity (Wildman–Crippen MR) is 124 cm³/mol. The van der Waals surface area contributed by atoms with Crippen molar-refractivity contribution in [2.45, 2.75) is 46.0 Å². The van der Waals surface area contributed by atoms with Gasteiger partial charge in [0.25, 0.3) is 5.69 Å². The largest absolute Gasteiger partial charge is 0.294 e. The number of halogens is 2. The maximum Gasteiger partial charge on any atom is 0.271 e. The van der Waals surface area contributed by atoms with Gasteiger partial charge in [-0.15, -0.1) is 0 Å². The summed E-state index contributed by atoms with van der Waals surface area (Å²) in [7, 11) is 0. The molecule has 0 fully saturated rings. The van der Waals surface area contributed by atoms with Crippen LogP contribution in [0.5, 0.6) is 0 Å². The van der Waals surface area contributed by atoms with Crippen molar-refractivity contribution in [1.29, 1.82) is 0 Å². The summed E-state index contributed by atoms with van der Waals surface area (Å²) in [5.74, 6) is -0.792. The standard InChI is InChI=1S/C24H22Cl2N2O4/c1-13-7-8-14(28(31)32)9-18(13)27-19-11-24(2,3)12-20(29)22(19)16(10-21(27)30)15-5-4-6-17(25)23(15)26/h4-9,16H,10-12H2,1-3H3. The highest BCUT2D eigenvalue weighted by Gasteiger charge is 2.45. The zero-order chi connectivity index (χ0) is 23.4. The minimum Gasteiger partial charge on any atom is -0.294 e. The van der Waals surface area contributed by atoms with E-state index in [2.05, 4.69) is 0 Å². The first-order valence-corrected chi connectivity index (χ1v) is 11.0. The molecule has 8 heteroatoms. The lowest BCUT2D eigenvalue weighted by Crippen LogP contribution is -2.44. The number of amides is 1. The smallest absolute Gasteiger partial charge is 0.271 e. The normalized spacial score (nSPS) is 20.4. The van der Waals surface area contributed by atoms with Gasteiger partial charge in [0, 0.05) is 42.2 Å². The van der Waals surface area contributed by atoms with E-state index in [1.54, 1.807) is 31.2 Å². The van der Waals surface area contributed by atoms with Gasteiger partial charge in [0.15, 0.2) is 5.78 Å². The van der Waals surface area contributed by atoms with Crippen molar-refractivity contribution in [2.75, 3.05) is 4.90 Å². The van der Waals surface area contributed by atoms with E-state index >= 15 is 0 Å². The number of benzene rings is 2. The van der Waals surface area contributed by atoms with Gasteiger partial charge in [-0.1, -0.05) is 55.2 Å². The Bertz CT molecular complexity index is 1200. The van der Waals surface area contributed by atoms with Crippen molar-refractivity contribution >= 4 is 46.3 Å². The first kappa shape index (κ1) is 22.5. The minimum atomic E-state index is -0.512. The first-order chi connectivity index (χ1) is 15.0. The van der Waals surface area contributed by atoms with Crippen LogP contribution in [0.2, 0.25) is 10.0 Å². The predicted octanol–water partition coefficient (Wildman–Crippen LogP) is 6.37. The van der Waals surface area contributed by atoms with Crippen LogP contribution in [0, 0.1) is 22.5 Å². The van der Waals surface area contributed by atoms with Crippen LogP contribution in [-0.4, -0.2) is 16.6 Å². The fraction of sp³-hybridized carbons (Fsp3) is 0.333. The van der Waals surface area contributed by atoms with Gasteiger partial charge in [-0.25, -0.2) is 0 Å². The van der Waals surface area contributed by atoms with E-state index in [0.29, 0.717) is 51.0 Å². The number of hydrogen-bond donors (Lipinski definition) is 0. The number of aryl methyl sites for hydroxylation is 1. The van der Waals surface area contributed by atoms with E-state index in [9.17, 15) is 19.7 Å². The molecule has 0 aromatic heterocycles. The van der Waals surface area contributed by atoms with Crippen LogP contribution < -0.4 is 4.90 Å². The molecule has 0 N–H and O–H groups in total. The monoisotopic (exact) mass is 472 g/mol. The summed E-state index contributed by atoms with van der Waals surface area (Å²) < 4.78 is 0. The molecule has 1 aliphatic heterocycles. The first-order valence-electron chi connectivity index (χ1n) is 10.3.